The highest BCUT2D eigenvalue weighted by Gasteiger charge is 2.36. The number of nitrogens with two attached hydrogens (primary N) is 2. The van der Waals surface area contributed by atoms with Gasteiger partial charge in [-0.15, -0.1) is 13.2 Å². The van der Waals surface area contributed by atoms with Crippen LogP contribution in [0.2, 0.25) is 0 Å². The second kappa shape index (κ2) is 29.2. The van der Waals surface area contributed by atoms with Gasteiger partial charge in [0.15, 0.2) is 0 Å². The van der Waals surface area contributed by atoms with E-state index in [1.165, 1.54) is 37.7 Å². The smallest absolute Gasteiger partial charge is 0.251 e. The summed E-state index contributed by atoms with van der Waals surface area (Å²) in [5.41, 5.74) is 13.8. The number of rotatable bonds is 8. The Labute approximate surface area is 247 Å². The van der Waals surface area contributed by atoms with Crippen molar-refractivity contribution in [3.8, 4) is 0 Å². The lowest BCUT2D eigenvalue weighted by Gasteiger charge is -2.41. The standard InChI is InChI=1S/C23H30N2O.C4H10.C3H9N.C2H6.C2H4.CH2O/c1-2-18-12-14-23(15-13-18,20-9-4-3-5-10-20)17-25-22(26)21-11-7-6-8-19(21)16-24;1-3-4-2;1-2-3-4;3*1-2/h3-11,18H,2,12-17,24H2,1H3,(H,25,26);3-4H2,1-2H3;2-4H2,1H3;1-2H3;1-2H2;1H2. The fourth-order valence-electron chi connectivity index (χ4n) is 4.26. The summed E-state index contributed by atoms with van der Waals surface area (Å²) in [5, 5.41) is 3.22. The van der Waals surface area contributed by atoms with Crippen LogP contribution < -0.4 is 16.8 Å². The molecule has 5 nitrogen and oxygen atoms in total. The molecule has 0 aromatic heterocycles. The highest BCUT2D eigenvalue weighted by Crippen LogP contribution is 2.42. The fourth-order valence-corrected chi connectivity index (χ4v) is 4.26. The Bertz CT molecular complexity index is 808. The van der Waals surface area contributed by atoms with Crippen molar-refractivity contribution in [3.63, 3.8) is 0 Å². The SMILES string of the molecule is C=C.C=O.CC.CCC1CCC(CNC(=O)c2ccccc2CN)(c2ccccc2)CC1.CCCC.CCCN. The Morgan fingerprint density at radius 1 is 0.850 bits per heavy atom. The maximum Gasteiger partial charge on any atom is 0.251 e. The molecule has 1 saturated carbocycles. The number of amides is 1. The maximum atomic E-state index is 12.8. The van der Waals surface area contributed by atoms with Gasteiger partial charge >= 0.3 is 0 Å². The second-order valence-electron chi connectivity index (χ2n) is 9.33. The molecule has 0 bridgehead atoms. The van der Waals surface area contributed by atoms with Gasteiger partial charge in [-0.2, -0.15) is 0 Å². The Morgan fingerprint density at radius 2 is 1.32 bits per heavy atom. The molecule has 2 aromatic rings. The minimum absolute atomic E-state index is 0.0148. The van der Waals surface area contributed by atoms with Crippen LogP contribution in [0.1, 0.15) is 114 Å². The molecule has 0 radical (unpaired) electrons. The van der Waals surface area contributed by atoms with Crippen molar-refractivity contribution in [3.05, 3.63) is 84.4 Å². The molecule has 2 aromatic carbocycles. The molecule has 1 aliphatic rings. The third-order valence-electron chi connectivity index (χ3n) is 6.88. The number of unbranched alkanes of at least 4 members (excludes halogenated alkanes) is 1. The topological polar surface area (TPSA) is 98.2 Å². The molecule has 5 heteroatoms. The van der Waals surface area contributed by atoms with E-state index >= 15 is 0 Å². The minimum atomic E-state index is -0.0148. The molecule has 0 saturated heterocycles. The van der Waals surface area contributed by atoms with Crippen molar-refractivity contribution in [1.29, 1.82) is 0 Å². The third-order valence-corrected chi connectivity index (χ3v) is 6.88. The van der Waals surface area contributed by atoms with Gasteiger partial charge in [-0.05, 0) is 61.8 Å². The molecule has 0 atom stereocenters. The summed E-state index contributed by atoms with van der Waals surface area (Å²) in [5.74, 6) is 0.805. The zero-order chi connectivity index (χ0) is 31.2. The van der Waals surface area contributed by atoms with Crippen molar-refractivity contribution in [1.82, 2.24) is 5.32 Å². The molecule has 40 heavy (non-hydrogen) atoms. The first kappa shape index (κ1) is 41.7. The zero-order valence-electron chi connectivity index (χ0n) is 26.6. The highest BCUT2D eigenvalue weighted by atomic mass is 16.1. The number of benzene rings is 2. The Kier molecular flexibility index (Phi) is 30.5. The molecule has 0 spiro atoms. The summed E-state index contributed by atoms with van der Waals surface area (Å²) in [4.78, 5) is 20.8. The number of carbonyl (C=O) groups is 2. The molecule has 1 amide bonds. The van der Waals surface area contributed by atoms with E-state index < -0.39 is 0 Å². The summed E-state index contributed by atoms with van der Waals surface area (Å²) in [6, 6.07) is 18.3. The Morgan fingerprint density at radius 3 is 1.75 bits per heavy atom. The molecule has 1 aliphatic carbocycles. The van der Waals surface area contributed by atoms with Gasteiger partial charge in [0.2, 0.25) is 0 Å². The van der Waals surface area contributed by atoms with Crippen LogP contribution in [-0.4, -0.2) is 25.8 Å². The van der Waals surface area contributed by atoms with Crippen molar-refractivity contribution >= 4 is 12.7 Å². The van der Waals surface area contributed by atoms with Gasteiger partial charge in [0.05, 0.1) is 0 Å². The van der Waals surface area contributed by atoms with Gasteiger partial charge in [0.1, 0.15) is 6.79 Å². The molecule has 1 fully saturated rings. The van der Waals surface area contributed by atoms with Gasteiger partial charge in [-0.1, -0.05) is 109 Å². The van der Waals surface area contributed by atoms with E-state index in [-0.39, 0.29) is 11.3 Å². The van der Waals surface area contributed by atoms with Crippen molar-refractivity contribution in [2.75, 3.05) is 13.1 Å². The summed E-state index contributed by atoms with van der Waals surface area (Å²) in [6.07, 6.45) is 9.73. The fraction of sp³-hybridized carbons (Fsp3) is 0.543. The molecule has 228 valence electrons. The lowest BCUT2D eigenvalue weighted by atomic mass is 9.66. The first-order chi connectivity index (χ1) is 19.5. The van der Waals surface area contributed by atoms with E-state index in [1.807, 2.05) is 44.9 Å². The van der Waals surface area contributed by atoms with E-state index in [0.717, 1.165) is 37.3 Å². The molecule has 0 heterocycles. The van der Waals surface area contributed by atoms with E-state index in [1.54, 1.807) is 0 Å². The van der Waals surface area contributed by atoms with Crippen molar-refractivity contribution < 1.29 is 9.59 Å². The lowest BCUT2D eigenvalue weighted by Crippen LogP contribution is -2.43. The van der Waals surface area contributed by atoms with Crippen LogP contribution in [-0.2, 0) is 16.8 Å². The van der Waals surface area contributed by atoms with Crippen LogP contribution in [0.25, 0.3) is 0 Å². The quantitative estimate of drug-likeness (QED) is 0.286. The molecule has 5 N–H and O–H groups in total. The first-order valence-corrected chi connectivity index (χ1v) is 15.1. The largest absolute Gasteiger partial charge is 0.351 e. The third kappa shape index (κ3) is 16.4. The number of hydrogen-bond donors (Lipinski definition) is 3. The Balaban J connectivity index is -0.000000831. The first-order valence-electron chi connectivity index (χ1n) is 15.1. The average molecular weight is 556 g/mol. The highest BCUT2D eigenvalue weighted by molar-refractivity contribution is 5.95. The lowest BCUT2D eigenvalue weighted by molar-refractivity contribution is -0.0980. The van der Waals surface area contributed by atoms with Crippen LogP contribution in [0.15, 0.2) is 67.8 Å². The molecular weight excluding hydrogens is 494 g/mol. The van der Waals surface area contributed by atoms with E-state index in [9.17, 15) is 4.79 Å². The van der Waals surface area contributed by atoms with Crippen molar-refractivity contribution in [2.24, 2.45) is 17.4 Å². The van der Waals surface area contributed by atoms with Gasteiger partial charge in [0.25, 0.3) is 5.91 Å². The van der Waals surface area contributed by atoms with Crippen LogP contribution in [0.5, 0.6) is 0 Å². The van der Waals surface area contributed by atoms with Crippen molar-refractivity contribution in [2.45, 2.75) is 105 Å². The van der Waals surface area contributed by atoms with Crippen LogP contribution in [0.4, 0.5) is 0 Å². The molecule has 0 aliphatic heterocycles. The van der Waals surface area contributed by atoms with Crippen LogP contribution in [0.3, 0.4) is 0 Å². The van der Waals surface area contributed by atoms with Gasteiger partial charge in [-0.3, -0.25) is 4.79 Å². The minimum Gasteiger partial charge on any atom is -0.351 e. The zero-order valence-corrected chi connectivity index (χ0v) is 26.6. The average Bonchev–Trinajstić information content (AvgIpc) is 3.07. The molecule has 3 rings (SSSR count). The van der Waals surface area contributed by atoms with E-state index in [0.29, 0.717) is 18.7 Å². The van der Waals surface area contributed by atoms with Gasteiger partial charge in [0, 0.05) is 24.1 Å². The van der Waals surface area contributed by atoms with Crippen LogP contribution >= 0.6 is 0 Å². The summed E-state index contributed by atoms with van der Waals surface area (Å²) < 4.78 is 0. The predicted molar refractivity (Wildman–Crippen MR) is 177 cm³/mol. The molecule has 0 unspecified atom stereocenters. The predicted octanol–water partition coefficient (Wildman–Crippen LogP) is 8.22. The van der Waals surface area contributed by atoms with E-state index in [4.69, 9.17) is 16.3 Å². The Hall–Kier alpha value is -2.76. The van der Waals surface area contributed by atoms with E-state index in [2.05, 4.69) is 76.5 Å². The number of hydrogen-bond acceptors (Lipinski definition) is 4. The van der Waals surface area contributed by atoms with Gasteiger partial charge < -0.3 is 21.6 Å². The number of nitrogens with one attached hydrogen (secondary N) is 1. The number of carbonyl (C=O) groups excluding carboxylic acids is 2. The second-order valence-corrected chi connectivity index (χ2v) is 9.33. The van der Waals surface area contributed by atoms with Gasteiger partial charge in [-0.25, -0.2) is 0 Å². The maximum absolute atomic E-state index is 12.8. The molecular formula is C35H61N3O2. The summed E-state index contributed by atoms with van der Waals surface area (Å²) in [6.45, 7) is 22.6. The summed E-state index contributed by atoms with van der Waals surface area (Å²) in [7, 11) is 0. The normalized spacial score (nSPS) is 16.6. The van der Waals surface area contributed by atoms with Crippen LogP contribution in [0, 0.1) is 5.92 Å². The monoisotopic (exact) mass is 555 g/mol. The summed E-state index contributed by atoms with van der Waals surface area (Å²) >= 11 is 0.